The SMILES string of the molecule is Cn1nc(-c2ccccn2)c(Br)c1C=O. The number of rotatable bonds is 2. The van der Waals surface area contributed by atoms with Crippen molar-refractivity contribution in [2.75, 3.05) is 0 Å². The first-order valence-corrected chi connectivity index (χ1v) is 5.12. The Balaban J connectivity index is 2.60. The highest BCUT2D eigenvalue weighted by Gasteiger charge is 2.14. The van der Waals surface area contributed by atoms with Gasteiger partial charge in [-0.1, -0.05) is 6.07 Å². The fraction of sp³-hybridized carbons (Fsp3) is 0.100. The Morgan fingerprint density at radius 1 is 1.47 bits per heavy atom. The molecule has 2 heterocycles. The lowest BCUT2D eigenvalue weighted by atomic mass is 10.2. The monoisotopic (exact) mass is 265 g/mol. The molecule has 0 bridgehead atoms. The summed E-state index contributed by atoms with van der Waals surface area (Å²) in [4.78, 5) is 15.0. The molecule has 0 spiro atoms. The van der Waals surface area contributed by atoms with Gasteiger partial charge in [0.25, 0.3) is 0 Å². The predicted molar refractivity (Wildman–Crippen MR) is 59.5 cm³/mol. The van der Waals surface area contributed by atoms with E-state index in [1.165, 1.54) is 4.68 Å². The van der Waals surface area contributed by atoms with Gasteiger partial charge in [0.1, 0.15) is 11.4 Å². The van der Waals surface area contributed by atoms with Gasteiger partial charge in [-0.05, 0) is 28.1 Å². The van der Waals surface area contributed by atoms with Gasteiger partial charge in [-0.25, -0.2) is 0 Å². The highest BCUT2D eigenvalue weighted by Crippen LogP contribution is 2.27. The van der Waals surface area contributed by atoms with E-state index in [1.807, 2.05) is 18.2 Å². The van der Waals surface area contributed by atoms with Gasteiger partial charge in [0.2, 0.25) is 0 Å². The van der Waals surface area contributed by atoms with Gasteiger partial charge in [0.05, 0.1) is 10.2 Å². The summed E-state index contributed by atoms with van der Waals surface area (Å²) in [6, 6.07) is 5.56. The minimum Gasteiger partial charge on any atom is -0.296 e. The zero-order valence-electron chi connectivity index (χ0n) is 8.01. The second kappa shape index (κ2) is 3.94. The normalized spacial score (nSPS) is 10.3. The van der Waals surface area contributed by atoms with Crippen LogP contribution in [0.3, 0.4) is 0 Å². The van der Waals surface area contributed by atoms with Crippen LogP contribution >= 0.6 is 15.9 Å². The summed E-state index contributed by atoms with van der Waals surface area (Å²) >= 11 is 3.34. The Morgan fingerprint density at radius 3 is 2.80 bits per heavy atom. The molecule has 5 heteroatoms. The molecule has 0 aliphatic carbocycles. The summed E-state index contributed by atoms with van der Waals surface area (Å²) in [5.41, 5.74) is 1.93. The highest BCUT2D eigenvalue weighted by atomic mass is 79.9. The number of aldehydes is 1. The lowest BCUT2D eigenvalue weighted by molar-refractivity contribution is 0.111. The van der Waals surface area contributed by atoms with Gasteiger partial charge >= 0.3 is 0 Å². The average Bonchev–Trinajstić information content (AvgIpc) is 2.55. The molecule has 0 aliphatic heterocycles. The molecule has 0 saturated carbocycles. The van der Waals surface area contributed by atoms with Gasteiger partial charge < -0.3 is 0 Å². The minimum absolute atomic E-state index is 0.510. The first-order chi connectivity index (χ1) is 7.24. The molecule has 0 atom stereocenters. The van der Waals surface area contributed by atoms with Crippen molar-refractivity contribution in [1.29, 1.82) is 0 Å². The van der Waals surface area contributed by atoms with Crippen LogP contribution in [0.25, 0.3) is 11.4 Å². The summed E-state index contributed by atoms with van der Waals surface area (Å²) in [6.45, 7) is 0. The van der Waals surface area contributed by atoms with Crippen molar-refractivity contribution in [1.82, 2.24) is 14.8 Å². The fourth-order valence-corrected chi connectivity index (χ4v) is 1.94. The molecule has 15 heavy (non-hydrogen) atoms. The van der Waals surface area contributed by atoms with Gasteiger partial charge in [0.15, 0.2) is 6.29 Å². The van der Waals surface area contributed by atoms with E-state index in [0.29, 0.717) is 15.9 Å². The Morgan fingerprint density at radius 2 is 2.27 bits per heavy atom. The molecule has 0 aliphatic rings. The Kier molecular flexibility index (Phi) is 2.64. The molecule has 2 aromatic heterocycles. The minimum atomic E-state index is 0.510. The number of aromatic nitrogens is 3. The van der Waals surface area contributed by atoms with Crippen molar-refractivity contribution >= 4 is 22.2 Å². The molecule has 0 aromatic carbocycles. The molecule has 0 unspecified atom stereocenters. The van der Waals surface area contributed by atoms with Crippen molar-refractivity contribution in [3.63, 3.8) is 0 Å². The molecule has 4 nitrogen and oxygen atoms in total. The van der Waals surface area contributed by atoms with Gasteiger partial charge in [-0.2, -0.15) is 5.10 Å². The number of carbonyl (C=O) groups is 1. The second-order valence-electron chi connectivity index (χ2n) is 3.00. The fourth-order valence-electron chi connectivity index (χ4n) is 1.31. The summed E-state index contributed by atoms with van der Waals surface area (Å²) < 4.78 is 2.21. The van der Waals surface area contributed by atoms with E-state index < -0.39 is 0 Å². The highest BCUT2D eigenvalue weighted by molar-refractivity contribution is 9.10. The van der Waals surface area contributed by atoms with Gasteiger partial charge in [0, 0.05) is 13.2 Å². The maximum atomic E-state index is 10.8. The number of hydrogen-bond acceptors (Lipinski definition) is 3. The number of halogens is 1. The lowest BCUT2D eigenvalue weighted by Gasteiger charge is -1.94. The van der Waals surface area contributed by atoms with Crippen molar-refractivity contribution in [2.24, 2.45) is 7.05 Å². The predicted octanol–water partition coefficient (Wildman–Crippen LogP) is 2.06. The van der Waals surface area contributed by atoms with Crippen LogP contribution in [0.2, 0.25) is 0 Å². The molecule has 0 fully saturated rings. The third kappa shape index (κ3) is 1.70. The third-order valence-corrected chi connectivity index (χ3v) is 2.83. The Bertz CT molecular complexity index is 493. The van der Waals surface area contributed by atoms with Crippen molar-refractivity contribution in [3.8, 4) is 11.4 Å². The summed E-state index contributed by atoms with van der Waals surface area (Å²) in [5.74, 6) is 0. The quantitative estimate of drug-likeness (QED) is 0.781. The molecule has 2 rings (SSSR count). The number of pyridine rings is 1. The zero-order valence-corrected chi connectivity index (χ0v) is 9.60. The van der Waals surface area contributed by atoms with E-state index in [-0.39, 0.29) is 0 Å². The third-order valence-electron chi connectivity index (χ3n) is 2.05. The summed E-state index contributed by atoms with van der Waals surface area (Å²) in [5, 5.41) is 4.23. The smallest absolute Gasteiger partial charge is 0.169 e. The van der Waals surface area contributed by atoms with Crippen LogP contribution in [0.1, 0.15) is 10.5 Å². The van der Waals surface area contributed by atoms with Crippen LogP contribution in [-0.2, 0) is 7.05 Å². The first-order valence-electron chi connectivity index (χ1n) is 4.33. The first kappa shape index (κ1) is 10.0. The molecule has 0 amide bonds. The van der Waals surface area contributed by atoms with Crippen LogP contribution in [0.5, 0.6) is 0 Å². The maximum Gasteiger partial charge on any atom is 0.169 e. The second-order valence-corrected chi connectivity index (χ2v) is 3.80. The molecular weight excluding hydrogens is 258 g/mol. The van der Waals surface area contributed by atoms with E-state index in [1.54, 1.807) is 13.2 Å². The number of aryl methyl sites for hydroxylation is 1. The van der Waals surface area contributed by atoms with E-state index in [4.69, 9.17) is 0 Å². The maximum absolute atomic E-state index is 10.8. The van der Waals surface area contributed by atoms with Gasteiger partial charge in [-0.15, -0.1) is 0 Å². The van der Waals surface area contributed by atoms with Crippen LogP contribution in [0, 0.1) is 0 Å². The average molecular weight is 266 g/mol. The van der Waals surface area contributed by atoms with E-state index >= 15 is 0 Å². The summed E-state index contributed by atoms with van der Waals surface area (Å²) in [7, 11) is 1.72. The standard InChI is InChI=1S/C10H8BrN3O/c1-14-8(6-15)9(11)10(13-14)7-4-2-3-5-12-7/h2-6H,1H3. The van der Waals surface area contributed by atoms with E-state index in [9.17, 15) is 4.79 Å². The number of carbonyl (C=O) groups excluding carboxylic acids is 1. The van der Waals surface area contributed by atoms with Crippen LogP contribution in [-0.4, -0.2) is 21.1 Å². The molecular formula is C10H8BrN3O. The van der Waals surface area contributed by atoms with Crippen LogP contribution in [0.4, 0.5) is 0 Å². The molecule has 0 radical (unpaired) electrons. The largest absolute Gasteiger partial charge is 0.296 e. The Hall–Kier alpha value is -1.49. The molecule has 2 aromatic rings. The molecule has 0 N–H and O–H groups in total. The van der Waals surface area contributed by atoms with Crippen molar-refractivity contribution in [2.45, 2.75) is 0 Å². The number of hydrogen-bond donors (Lipinski definition) is 0. The van der Waals surface area contributed by atoms with Gasteiger partial charge in [-0.3, -0.25) is 14.5 Å². The zero-order chi connectivity index (χ0) is 10.8. The number of nitrogens with zero attached hydrogens (tertiary/aromatic N) is 3. The van der Waals surface area contributed by atoms with E-state index in [0.717, 1.165) is 12.0 Å². The molecule has 0 saturated heterocycles. The van der Waals surface area contributed by atoms with Crippen LogP contribution < -0.4 is 0 Å². The topological polar surface area (TPSA) is 47.8 Å². The lowest BCUT2D eigenvalue weighted by Crippen LogP contribution is -1.96. The summed E-state index contributed by atoms with van der Waals surface area (Å²) in [6.07, 6.45) is 2.46. The van der Waals surface area contributed by atoms with Crippen LogP contribution in [0.15, 0.2) is 28.9 Å². The van der Waals surface area contributed by atoms with Crippen molar-refractivity contribution in [3.05, 3.63) is 34.6 Å². The van der Waals surface area contributed by atoms with Crippen molar-refractivity contribution < 1.29 is 4.79 Å². The Labute approximate surface area is 95.1 Å². The van der Waals surface area contributed by atoms with E-state index in [2.05, 4.69) is 26.0 Å². The molecule has 76 valence electrons.